The average molecular weight is 274 g/mol. The molecule has 1 aliphatic rings. The van der Waals surface area contributed by atoms with Gasteiger partial charge in [0.2, 0.25) is 0 Å². The largest absolute Gasteiger partial charge is 0.313 e. The normalized spacial score (nSPS) is 21.4. The van der Waals surface area contributed by atoms with Gasteiger partial charge in [-0.2, -0.15) is 0 Å². The van der Waals surface area contributed by atoms with E-state index in [-0.39, 0.29) is 11.8 Å². The summed E-state index contributed by atoms with van der Waals surface area (Å²) in [6.45, 7) is 0.912. The quantitative estimate of drug-likeness (QED) is 0.919. The van der Waals surface area contributed by atoms with Crippen molar-refractivity contribution in [1.29, 1.82) is 0 Å². The Hall–Kier alpha value is -0.580. The minimum Gasteiger partial charge on any atom is -0.313 e. The van der Waals surface area contributed by atoms with E-state index in [1.165, 1.54) is 6.07 Å². The Balaban J connectivity index is 2.13. The third kappa shape index (κ3) is 3.44. The van der Waals surface area contributed by atoms with Crippen LogP contribution in [0.1, 0.15) is 19.3 Å². The number of piperidine rings is 1. The van der Waals surface area contributed by atoms with E-state index < -0.39 is 9.84 Å². The molecular weight excluding hydrogens is 258 g/mol. The number of hydrogen-bond acceptors (Lipinski definition) is 3. The summed E-state index contributed by atoms with van der Waals surface area (Å²) in [6.07, 6.45) is 3.16. The molecule has 0 bridgehead atoms. The molecule has 3 nitrogen and oxygen atoms in total. The first-order chi connectivity index (χ1) is 8.08. The van der Waals surface area contributed by atoms with Gasteiger partial charge < -0.3 is 5.32 Å². The molecule has 1 fully saturated rings. The van der Waals surface area contributed by atoms with Gasteiger partial charge in [-0.3, -0.25) is 0 Å². The first kappa shape index (κ1) is 12.9. The van der Waals surface area contributed by atoms with Gasteiger partial charge in [0.1, 0.15) is 0 Å². The number of benzene rings is 1. The molecule has 1 atom stereocenters. The van der Waals surface area contributed by atoms with Crippen LogP contribution in [0.25, 0.3) is 0 Å². The van der Waals surface area contributed by atoms with E-state index in [4.69, 9.17) is 11.6 Å². The maximum Gasteiger partial charge on any atom is 0.179 e. The lowest BCUT2D eigenvalue weighted by atomic mass is 10.1. The molecule has 1 saturated heterocycles. The van der Waals surface area contributed by atoms with Crippen LogP contribution in [0.5, 0.6) is 0 Å². The van der Waals surface area contributed by atoms with Crippen molar-refractivity contribution in [2.24, 2.45) is 0 Å². The Morgan fingerprint density at radius 1 is 1.35 bits per heavy atom. The fourth-order valence-electron chi connectivity index (χ4n) is 2.09. The van der Waals surface area contributed by atoms with Crippen LogP contribution >= 0.6 is 11.6 Å². The summed E-state index contributed by atoms with van der Waals surface area (Å²) in [7, 11) is -3.23. The highest BCUT2D eigenvalue weighted by molar-refractivity contribution is 7.91. The molecule has 5 heteroatoms. The van der Waals surface area contributed by atoms with E-state index in [2.05, 4.69) is 5.32 Å². The van der Waals surface area contributed by atoms with E-state index >= 15 is 0 Å². The van der Waals surface area contributed by atoms with Gasteiger partial charge in [-0.25, -0.2) is 8.42 Å². The standard InChI is InChI=1S/C12H16ClNO2S/c13-10-4-3-6-12(8-10)17(15,16)9-11-5-1-2-7-14-11/h3-4,6,8,11,14H,1-2,5,7,9H2. The monoisotopic (exact) mass is 273 g/mol. The van der Waals surface area contributed by atoms with Crippen LogP contribution in [0, 0.1) is 0 Å². The van der Waals surface area contributed by atoms with Crippen molar-refractivity contribution in [3.8, 4) is 0 Å². The minimum atomic E-state index is -3.23. The fraction of sp³-hybridized carbons (Fsp3) is 0.500. The Morgan fingerprint density at radius 3 is 2.82 bits per heavy atom. The molecule has 1 unspecified atom stereocenters. The Labute approximate surface area is 107 Å². The van der Waals surface area contributed by atoms with Crippen LogP contribution in [0.2, 0.25) is 5.02 Å². The van der Waals surface area contributed by atoms with E-state index in [1.807, 2.05) is 0 Å². The lowest BCUT2D eigenvalue weighted by Crippen LogP contribution is -2.39. The predicted molar refractivity (Wildman–Crippen MR) is 69.1 cm³/mol. The highest BCUT2D eigenvalue weighted by Gasteiger charge is 2.22. The SMILES string of the molecule is O=S(=O)(CC1CCCCN1)c1cccc(Cl)c1. The number of rotatable bonds is 3. The molecule has 1 aromatic carbocycles. The zero-order valence-electron chi connectivity index (χ0n) is 9.52. The van der Waals surface area contributed by atoms with Crippen molar-refractivity contribution in [3.05, 3.63) is 29.3 Å². The number of sulfone groups is 1. The second kappa shape index (κ2) is 5.38. The van der Waals surface area contributed by atoms with Crippen molar-refractivity contribution in [2.75, 3.05) is 12.3 Å². The molecular formula is C12H16ClNO2S. The topological polar surface area (TPSA) is 46.2 Å². The summed E-state index contributed by atoms with van der Waals surface area (Å²) in [4.78, 5) is 0.317. The smallest absolute Gasteiger partial charge is 0.179 e. The molecule has 2 rings (SSSR count). The molecule has 94 valence electrons. The lowest BCUT2D eigenvalue weighted by molar-refractivity contribution is 0.423. The summed E-state index contributed by atoms with van der Waals surface area (Å²) < 4.78 is 24.3. The van der Waals surface area contributed by atoms with Gasteiger partial charge in [0.15, 0.2) is 9.84 Å². The van der Waals surface area contributed by atoms with Crippen LogP contribution in [-0.2, 0) is 9.84 Å². The van der Waals surface area contributed by atoms with Crippen molar-refractivity contribution < 1.29 is 8.42 Å². The maximum absolute atomic E-state index is 12.2. The summed E-state index contributed by atoms with van der Waals surface area (Å²) >= 11 is 5.81. The highest BCUT2D eigenvalue weighted by atomic mass is 35.5. The van der Waals surface area contributed by atoms with Gasteiger partial charge in [-0.1, -0.05) is 24.1 Å². The Kier molecular flexibility index (Phi) is 4.07. The molecule has 0 aliphatic carbocycles. The highest BCUT2D eigenvalue weighted by Crippen LogP contribution is 2.19. The van der Waals surface area contributed by atoms with Crippen LogP contribution in [-0.4, -0.2) is 26.8 Å². The number of halogens is 1. The summed E-state index contributed by atoms with van der Waals surface area (Å²) in [5.74, 6) is 0.160. The number of hydrogen-bond donors (Lipinski definition) is 1. The van der Waals surface area contributed by atoms with Crippen LogP contribution < -0.4 is 5.32 Å². The molecule has 0 saturated carbocycles. The van der Waals surface area contributed by atoms with E-state index in [1.54, 1.807) is 18.2 Å². The molecule has 1 N–H and O–H groups in total. The van der Waals surface area contributed by atoms with E-state index in [0.29, 0.717) is 9.92 Å². The van der Waals surface area contributed by atoms with Crippen molar-refractivity contribution in [2.45, 2.75) is 30.2 Å². The van der Waals surface area contributed by atoms with Gasteiger partial charge in [0.25, 0.3) is 0 Å². The van der Waals surface area contributed by atoms with Crippen molar-refractivity contribution >= 4 is 21.4 Å². The van der Waals surface area contributed by atoms with Gasteiger partial charge >= 0.3 is 0 Å². The summed E-state index contributed by atoms with van der Waals surface area (Å²) in [5.41, 5.74) is 0. The second-order valence-electron chi connectivity index (χ2n) is 4.39. The first-order valence-electron chi connectivity index (χ1n) is 5.80. The third-order valence-electron chi connectivity index (χ3n) is 2.99. The molecule has 1 heterocycles. The third-order valence-corrected chi connectivity index (χ3v) is 5.04. The van der Waals surface area contributed by atoms with Gasteiger partial charge in [-0.15, -0.1) is 0 Å². The van der Waals surface area contributed by atoms with E-state index in [9.17, 15) is 8.42 Å². The Morgan fingerprint density at radius 2 is 2.18 bits per heavy atom. The lowest BCUT2D eigenvalue weighted by Gasteiger charge is -2.23. The molecule has 0 aromatic heterocycles. The molecule has 1 aromatic rings. The predicted octanol–water partition coefficient (Wildman–Crippen LogP) is 2.26. The zero-order valence-corrected chi connectivity index (χ0v) is 11.1. The summed E-state index contributed by atoms with van der Waals surface area (Å²) in [5, 5.41) is 3.71. The minimum absolute atomic E-state index is 0.0766. The van der Waals surface area contributed by atoms with Crippen LogP contribution in [0.3, 0.4) is 0 Å². The molecule has 0 spiro atoms. The average Bonchev–Trinajstić information content (AvgIpc) is 2.30. The van der Waals surface area contributed by atoms with Gasteiger partial charge in [0.05, 0.1) is 10.6 Å². The van der Waals surface area contributed by atoms with E-state index in [0.717, 1.165) is 25.8 Å². The van der Waals surface area contributed by atoms with Crippen LogP contribution in [0.4, 0.5) is 0 Å². The zero-order chi connectivity index (χ0) is 12.3. The fourth-order valence-corrected chi connectivity index (χ4v) is 3.94. The molecule has 17 heavy (non-hydrogen) atoms. The number of nitrogens with one attached hydrogen (secondary N) is 1. The van der Waals surface area contributed by atoms with Crippen molar-refractivity contribution in [3.63, 3.8) is 0 Å². The van der Waals surface area contributed by atoms with Crippen molar-refractivity contribution in [1.82, 2.24) is 5.32 Å². The first-order valence-corrected chi connectivity index (χ1v) is 7.83. The second-order valence-corrected chi connectivity index (χ2v) is 6.86. The molecule has 1 aliphatic heterocycles. The Bertz CT molecular complexity index is 481. The van der Waals surface area contributed by atoms with Gasteiger partial charge in [-0.05, 0) is 37.6 Å². The molecule has 0 amide bonds. The molecule has 0 radical (unpaired) electrons. The van der Waals surface area contributed by atoms with Crippen LogP contribution in [0.15, 0.2) is 29.2 Å². The summed E-state index contributed by atoms with van der Waals surface area (Å²) in [6, 6.07) is 6.54. The maximum atomic E-state index is 12.2. The van der Waals surface area contributed by atoms with Gasteiger partial charge in [0, 0.05) is 11.1 Å².